The second kappa shape index (κ2) is 7.06. The van der Waals surface area contributed by atoms with Crippen LogP contribution in [0.2, 0.25) is 0 Å². The molecule has 0 aliphatic rings. The summed E-state index contributed by atoms with van der Waals surface area (Å²) in [5.41, 5.74) is 0. The van der Waals surface area contributed by atoms with Crippen LogP contribution in [0, 0.1) is 0 Å². The van der Waals surface area contributed by atoms with Crippen LogP contribution in [-0.2, 0) is 0 Å². The average Bonchev–Trinajstić information content (AvgIpc) is 2.34. The van der Waals surface area contributed by atoms with Gasteiger partial charge in [0, 0.05) is 25.0 Å². The molecule has 0 saturated heterocycles. The molecule has 0 aromatic carbocycles. The fourth-order valence-corrected chi connectivity index (χ4v) is 1.69. The highest BCUT2D eigenvalue weighted by Gasteiger charge is 2.12. The van der Waals surface area contributed by atoms with Crippen LogP contribution in [-0.4, -0.2) is 48.7 Å². The quantitative estimate of drug-likeness (QED) is 0.782. The van der Waals surface area contributed by atoms with E-state index in [1.54, 1.807) is 19.5 Å². The van der Waals surface area contributed by atoms with Gasteiger partial charge in [0.1, 0.15) is 0 Å². The van der Waals surface area contributed by atoms with Crippen molar-refractivity contribution in [2.45, 2.75) is 25.8 Å². The molecule has 0 amide bonds. The molecule has 5 nitrogen and oxygen atoms in total. The number of hydrogen-bond acceptors (Lipinski definition) is 5. The third-order valence-corrected chi connectivity index (χ3v) is 2.72. The summed E-state index contributed by atoms with van der Waals surface area (Å²) in [6.45, 7) is 3.04. The van der Waals surface area contributed by atoms with Gasteiger partial charge in [-0.1, -0.05) is 13.3 Å². The van der Waals surface area contributed by atoms with Crippen LogP contribution in [0.5, 0.6) is 5.88 Å². The van der Waals surface area contributed by atoms with Crippen molar-refractivity contribution >= 4 is 5.82 Å². The van der Waals surface area contributed by atoms with Gasteiger partial charge >= 0.3 is 0 Å². The van der Waals surface area contributed by atoms with Crippen molar-refractivity contribution in [1.82, 2.24) is 14.9 Å². The van der Waals surface area contributed by atoms with Gasteiger partial charge in [-0.2, -0.15) is 0 Å². The smallest absolute Gasteiger partial charge is 0.257 e. The molecule has 0 radical (unpaired) electrons. The molecule has 1 unspecified atom stereocenters. The summed E-state index contributed by atoms with van der Waals surface area (Å²) in [6.07, 6.45) is 5.61. The number of nitrogens with one attached hydrogen (secondary N) is 1. The highest BCUT2D eigenvalue weighted by molar-refractivity contribution is 5.44. The van der Waals surface area contributed by atoms with Crippen molar-refractivity contribution < 1.29 is 4.74 Å². The van der Waals surface area contributed by atoms with Crippen LogP contribution >= 0.6 is 0 Å². The van der Waals surface area contributed by atoms with Crippen LogP contribution in [0.4, 0.5) is 5.82 Å². The normalized spacial score (nSPS) is 12.5. The topological polar surface area (TPSA) is 50.3 Å². The average molecular weight is 238 g/mol. The molecular weight excluding hydrogens is 216 g/mol. The minimum absolute atomic E-state index is 0.492. The zero-order valence-corrected chi connectivity index (χ0v) is 11.1. The van der Waals surface area contributed by atoms with Gasteiger partial charge in [0.25, 0.3) is 5.88 Å². The standard InChI is InChI=1S/C12H22N4O/c1-5-6-10(16(2)3)9-15-11-12(17-4)14-8-7-13-11/h7-8,10H,5-6,9H2,1-4H3,(H,13,15). The number of aromatic nitrogens is 2. The van der Waals surface area contributed by atoms with Crippen LogP contribution < -0.4 is 10.1 Å². The maximum atomic E-state index is 5.15. The fraction of sp³-hybridized carbons (Fsp3) is 0.667. The molecule has 0 saturated carbocycles. The molecule has 0 bridgehead atoms. The molecule has 0 aliphatic heterocycles. The minimum Gasteiger partial charge on any atom is -0.478 e. The molecule has 96 valence electrons. The third kappa shape index (κ3) is 4.19. The lowest BCUT2D eigenvalue weighted by Crippen LogP contribution is -2.34. The molecule has 1 heterocycles. The number of nitrogens with zero attached hydrogens (tertiary/aromatic N) is 3. The van der Waals surface area contributed by atoms with Crippen LogP contribution in [0.15, 0.2) is 12.4 Å². The molecular formula is C12H22N4O. The van der Waals surface area contributed by atoms with Crippen molar-refractivity contribution in [3.05, 3.63) is 12.4 Å². The molecule has 1 aromatic rings. The molecule has 1 N–H and O–H groups in total. The van der Waals surface area contributed by atoms with Crippen molar-refractivity contribution in [1.29, 1.82) is 0 Å². The summed E-state index contributed by atoms with van der Waals surface area (Å²) in [4.78, 5) is 10.6. The Morgan fingerprint density at radius 3 is 2.65 bits per heavy atom. The number of methoxy groups -OCH3 is 1. The number of anilines is 1. The van der Waals surface area contributed by atoms with Crippen LogP contribution in [0.1, 0.15) is 19.8 Å². The number of hydrogen-bond donors (Lipinski definition) is 1. The first-order valence-corrected chi connectivity index (χ1v) is 5.94. The minimum atomic E-state index is 0.492. The Morgan fingerprint density at radius 1 is 1.35 bits per heavy atom. The van der Waals surface area contributed by atoms with E-state index < -0.39 is 0 Å². The van der Waals surface area contributed by atoms with Gasteiger partial charge in [-0.3, -0.25) is 0 Å². The second-order valence-corrected chi connectivity index (χ2v) is 4.20. The molecule has 0 aliphatic carbocycles. The predicted octanol–water partition coefficient (Wildman–Crippen LogP) is 1.63. The largest absolute Gasteiger partial charge is 0.478 e. The van der Waals surface area contributed by atoms with E-state index in [9.17, 15) is 0 Å². The van der Waals surface area contributed by atoms with Gasteiger partial charge in [-0.15, -0.1) is 0 Å². The van der Waals surface area contributed by atoms with E-state index in [-0.39, 0.29) is 0 Å². The predicted molar refractivity (Wildman–Crippen MR) is 69.5 cm³/mol. The van der Waals surface area contributed by atoms with Gasteiger partial charge in [-0.25, -0.2) is 9.97 Å². The van der Waals surface area contributed by atoms with E-state index in [4.69, 9.17) is 4.74 Å². The SMILES string of the molecule is CCCC(CNc1nccnc1OC)N(C)C. The Balaban J connectivity index is 2.58. The van der Waals surface area contributed by atoms with Crippen LogP contribution in [0.25, 0.3) is 0 Å². The first-order chi connectivity index (χ1) is 8.19. The highest BCUT2D eigenvalue weighted by Crippen LogP contribution is 2.16. The second-order valence-electron chi connectivity index (χ2n) is 4.20. The Hall–Kier alpha value is -1.36. The van der Waals surface area contributed by atoms with Gasteiger partial charge in [-0.05, 0) is 20.5 Å². The summed E-state index contributed by atoms with van der Waals surface area (Å²) < 4.78 is 5.15. The first-order valence-electron chi connectivity index (χ1n) is 5.94. The maximum absolute atomic E-state index is 5.15. The Kier molecular flexibility index (Phi) is 5.69. The summed E-state index contributed by atoms with van der Waals surface area (Å²) >= 11 is 0. The zero-order chi connectivity index (χ0) is 12.7. The maximum Gasteiger partial charge on any atom is 0.257 e. The van der Waals surface area contributed by atoms with E-state index in [1.165, 1.54) is 6.42 Å². The van der Waals surface area contributed by atoms with Gasteiger partial charge in [0.2, 0.25) is 0 Å². The van der Waals surface area contributed by atoms with Crippen molar-refractivity contribution in [2.24, 2.45) is 0 Å². The van der Waals surface area contributed by atoms with Gasteiger partial charge in [0.15, 0.2) is 5.82 Å². The number of rotatable bonds is 7. The first kappa shape index (κ1) is 13.7. The van der Waals surface area contributed by atoms with Gasteiger partial charge < -0.3 is 15.0 Å². The van der Waals surface area contributed by atoms with Gasteiger partial charge in [0.05, 0.1) is 7.11 Å². The molecule has 1 rings (SSSR count). The summed E-state index contributed by atoms with van der Waals surface area (Å²) in [5, 5.41) is 3.29. The Bertz CT molecular complexity index is 330. The third-order valence-electron chi connectivity index (χ3n) is 2.72. The number of likely N-dealkylation sites (N-methyl/N-ethyl adjacent to an activating group) is 1. The molecule has 1 aromatic heterocycles. The van der Waals surface area contributed by atoms with E-state index in [1.807, 2.05) is 0 Å². The van der Waals surface area contributed by atoms with E-state index in [0.717, 1.165) is 13.0 Å². The van der Waals surface area contributed by atoms with E-state index in [2.05, 4.69) is 41.2 Å². The van der Waals surface area contributed by atoms with E-state index in [0.29, 0.717) is 17.7 Å². The summed E-state index contributed by atoms with van der Waals surface area (Å²) in [5.74, 6) is 1.25. The number of ether oxygens (including phenoxy) is 1. The van der Waals surface area contributed by atoms with Crippen molar-refractivity contribution in [2.75, 3.05) is 33.1 Å². The summed E-state index contributed by atoms with van der Waals surface area (Å²) in [6, 6.07) is 0.492. The lowest BCUT2D eigenvalue weighted by atomic mass is 10.1. The zero-order valence-electron chi connectivity index (χ0n) is 11.1. The molecule has 17 heavy (non-hydrogen) atoms. The molecule has 0 fully saturated rings. The Morgan fingerprint density at radius 2 is 2.06 bits per heavy atom. The lowest BCUT2D eigenvalue weighted by Gasteiger charge is -2.24. The summed E-state index contributed by atoms with van der Waals surface area (Å²) in [7, 11) is 5.79. The molecule has 5 heteroatoms. The van der Waals surface area contributed by atoms with Crippen molar-refractivity contribution in [3.8, 4) is 5.88 Å². The monoisotopic (exact) mass is 238 g/mol. The van der Waals surface area contributed by atoms with Crippen LogP contribution in [0.3, 0.4) is 0 Å². The Labute approximate surface area is 103 Å². The van der Waals surface area contributed by atoms with E-state index >= 15 is 0 Å². The fourth-order valence-electron chi connectivity index (χ4n) is 1.69. The highest BCUT2D eigenvalue weighted by atomic mass is 16.5. The lowest BCUT2D eigenvalue weighted by molar-refractivity contribution is 0.288. The molecule has 0 spiro atoms. The van der Waals surface area contributed by atoms with Crippen molar-refractivity contribution in [3.63, 3.8) is 0 Å². The molecule has 1 atom stereocenters.